The lowest BCUT2D eigenvalue weighted by atomic mass is 10.1. The third kappa shape index (κ3) is 5.89. The van der Waals surface area contributed by atoms with Gasteiger partial charge >= 0.3 is 0 Å². The summed E-state index contributed by atoms with van der Waals surface area (Å²) in [5.41, 5.74) is 5.87. The zero-order valence-electron chi connectivity index (χ0n) is 21.8. The molecule has 190 valence electrons. The molecule has 0 amide bonds. The van der Waals surface area contributed by atoms with Crippen molar-refractivity contribution >= 4 is 44.1 Å². The maximum Gasteiger partial charge on any atom is 0.142 e. The molecule has 0 aliphatic carbocycles. The minimum Gasteiger partial charge on any atom is -0.388 e. The molecule has 3 aromatic rings. The second-order valence-electron chi connectivity index (χ2n) is 9.21. The summed E-state index contributed by atoms with van der Waals surface area (Å²) in [6.45, 7) is 10.4. The predicted octanol–water partition coefficient (Wildman–Crippen LogP) is 3.71. The number of rotatable bonds is 6. The Labute approximate surface area is 210 Å². The summed E-state index contributed by atoms with van der Waals surface area (Å²) >= 11 is 0. The van der Waals surface area contributed by atoms with Crippen LogP contribution in [-0.4, -0.2) is 72.6 Å². The van der Waals surface area contributed by atoms with Crippen molar-refractivity contribution in [1.29, 1.82) is 0 Å². The van der Waals surface area contributed by atoms with E-state index in [1.807, 2.05) is 49.9 Å². The van der Waals surface area contributed by atoms with E-state index in [0.717, 1.165) is 48.9 Å². The SMILES string of the molecule is C=S(=O)(c1ccc2c(C)cn(C(C)C=O)c2c1)N(C)C.CNc1cc(N2CCNCC2)ccc1C. The lowest BCUT2D eigenvalue weighted by molar-refractivity contribution is -0.110. The van der Waals surface area contributed by atoms with E-state index in [-0.39, 0.29) is 6.04 Å². The van der Waals surface area contributed by atoms with E-state index in [1.165, 1.54) is 16.9 Å². The number of fused-ring (bicyclic) bond motifs is 1. The van der Waals surface area contributed by atoms with E-state index in [1.54, 1.807) is 18.4 Å². The minimum absolute atomic E-state index is 0.248. The number of carbonyl (C=O) groups excluding carboxylic acids is 1. The fourth-order valence-electron chi connectivity index (χ4n) is 4.22. The number of hydrogen-bond acceptors (Lipinski definition) is 5. The summed E-state index contributed by atoms with van der Waals surface area (Å²) in [5.74, 6) is 3.82. The molecule has 1 aromatic heterocycles. The van der Waals surface area contributed by atoms with Crippen molar-refractivity contribution in [2.24, 2.45) is 0 Å². The second kappa shape index (κ2) is 11.3. The van der Waals surface area contributed by atoms with Crippen molar-refractivity contribution in [3.8, 4) is 0 Å². The highest BCUT2D eigenvalue weighted by molar-refractivity contribution is 7.98. The summed E-state index contributed by atoms with van der Waals surface area (Å²) in [7, 11) is 3.00. The number of carbonyl (C=O) groups is 1. The molecule has 0 bridgehead atoms. The molecule has 7 nitrogen and oxygen atoms in total. The molecule has 0 spiro atoms. The van der Waals surface area contributed by atoms with Gasteiger partial charge in [-0.2, -0.15) is 0 Å². The average molecular weight is 498 g/mol. The lowest BCUT2D eigenvalue weighted by Gasteiger charge is -2.30. The Kier molecular flexibility index (Phi) is 8.64. The van der Waals surface area contributed by atoms with Crippen molar-refractivity contribution in [1.82, 2.24) is 14.2 Å². The molecule has 1 fully saturated rings. The molecule has 2 unspecified atom stereocenters. The van der Waals surface area contributed by atoms with Gasteiger partial charge in [0.05, 0.1) is 21.3 Å². The van der Waals surface area contributed by atoms with Gasteiger partial charge in [0.25, 0.3) is 0 Å². The van der Waals surface area contributed by atoms with Crippen LogP contribution in [0.3, 0.4) is 0 Å². The van der Waals surface area contributed by atoms with Crippen LogP contribution >= 0.6 is 0 Å². The first-order chi connectivity index (χ1) is 16.6. The summed E-state index contributed by atoms with van der Waals surface area (Å²) in [6.07, 6.45) is 2.85. The number of aromatic nitrogens is 1. The van der Waals surface area contributed by atoms with Crippen LogP contribution in [0, 0.1) is 13.8 Å². The van der Waals surface area contributed by atoms with Gasteiger partial charge < -0.3 is 24.9 Å². The maximum absolute atomic E-state index is 12.6. The Bertz CT molecular complexity index is 1270. The topological polar surface area (TPSA) is 69.6 Å². The number of aryl methyl sites for hydroxylation is 2. The van der Waals surface area contributed by atoms with Crippen molar-refractivity contribution in [2.75, 3.05) is 57.5 Å². The Morgan fingerprint density at radius 1 is 1.11 bits per heavy atom. The van der Waals surface area contributed by atoms with Gasteiger partial charge in [0, 0.05) is 61.1 Å². The van der Waals surface area contributed by atoms with Gasteiger partial charge in [0.15, 0.2) is 0 Å². The van der Waals surface area contributed by atoms with Crippen LogP contribution in [0.25, 0.3) is 10.9 Å². The van der Waals surface area contributed by atoms with Gasteiger partial charge in [-0.1, -0.05) is 12.1 Å². The van der Waals surface area contributed by atoms with E-state index >= 15 is 0 Å². The number of hydrogen-bond donors (Lipinski definition) is 2. The van der Waals surface area contributed by atoms with Crippen LogP contribution in [-0.2, 0) is 14.5 Å². The van der Waals surface area contributed by atoms with Gasteiger partial charge in [0.2, 0.25) is 0 Å². The highest BCUT2D eigenvalue weighted by Gasteiger charge is 2.15. The van der Waals surface area contributed by atoms with Crippen LogP contribution in [0.2, 0.25) is 0 Å². The Morgan fingerprint density at radius 2 is 1.80 bits per heavy atom. The van der Waals surface area contributed by atoms with Crippen LogP contribution in [0.15, 0.2) is 47.5 Å². The predicted molar refractivity (Wildman–Crippen MR) is 150 cm³/mol. The molecule has 0 radical (unpaired) electrons. The number of benzene rings is 2. The zero-order valence-corrected chi connectivity index (χ0v) is 22.6. The van der Waals surface area contributed by atoms with Crippen LogP contribution < -0.4 is 15.5 Å². The Morgan fingerprint density at radius 3 is 2.40 bits per heavy atom. The van der Waals surface area contributed by atoms with E-state index in [0.29, 0.717) is 4.90 Å². The van der Waals surface area contributed by atoms with Crippen molar-refractivity contribution in [3.05, 3.63) is 53.7 Å². The summed E-state index contributed by atoms with van der Waals surface area (Å²) < 4.78 is 16.2. The van der Waals surface area contributed by atoms with Gasteiger partial charge in [-0.15, -0.1) is 0 Å². The molecule has 1 saturated heterocycles. The molecule has 2 aromatic carbocycles. The molecule has 2 heterocycles. The molecular weight excluding hydrogens is 458 g/mol. The van der Waals surface area contributed by atoms with Gasteiger partial charge in [-0.25, -0.2) is 8.51 Å². The lowest BCUT2D eigenvalue weighted by Crippen LogP contribution is -2.43. The van der Waals surface area contributed by atoms with E-state index in [2.05, 4.69) is 46.5 Å². The standard InChI is InChI=1S/C15H20N2O2S.C12H19N3/c1-11-9-17(12(2)10-18)15-8-13(6-7-14(11)15)20(5,19)16(3)4;1-10-3-4-11(9-12(10)13-2)15-7-5-14-6-8-15/h6-10,12H,5H2,1-4H3;3-4,9,13-14H,5-8H2,1-2H3. The first kappa shape index (κ1) is 26.8. The molecule has 0 saturated carbocycles. The largest absolute Gasteiger partial charge is 0.388 e. The number of nitrogens with zero attached hydrogens (tertiary/aromatic N) is 3. The fraction of sp³-hybridized carbons (Fsp3) is 0.407. The third-order valence-corrected chi connectivity index (χ3v) is 8.74. The van der Waals surface area contributed by atoms with Crippen molar-refractivity contribution in [3.63, 3.8) is 0 Å². The summed E-state index contributed by atoms with van der Waals surface area (Å²) in [4.78, 5) is 14.2. The van der Waals surface area contributed by atoms with Crippen LogP contribution in [0.4, 0.5) is 11.4 Å². The third-order valence-electron chi connectivity index (χ3n) is 6.57. The molecule has 2 N–H and O–H groups in total. The van der Waals surface area contributed by atoms with Gasteiger partial charge in [-0.3, -0.25) is 0 Å². The molecule has 4 rings (SSSR count). The van der Waals surface area contributed by atoms with Crippen LogP contribution in [0.5, 0.6) is 0 Å². The second-order valence-corrected chi connectivity index (χ2v) is 11.7. The molecule has 35 heavy (non-hydrogen) atoms. The van der Waals surface area contributed by atoms with Crippen molar-refractivity contribution in [2.45, 2.75) is 31.7 Å². The normalized spacial score (nSPS) is 16.4. The first-order valence-corrected chi connectivity index (χ1v) is 13.6. The minimum atomic E-state index is -2.48. The van der Waals surface area contributed by atoms with E-state index in [9.17, 15) is 9.00 Å². The quantitative estimate of drug-likeness (QED) is 0.401. The fourth-order valence-corrected chi connectivity index (χ4v) is 5.22. The van der Waals surface area contributed by atoms with Gasteiger partial charge in [0.1, 0.15) is 6.29 Å². The Balaban J connectivity index is 0.000000203. The highest BCUT2D eigenvalue weighted by atomic mass is 32.2. The molecular formula is C27H39N5O2S. The molecule has 1 aliphatic rings. The monoisotopic (exact) mass is 497 g/mol. The summed E-state index contributed by atoms with van der Waals surface area (Å²) in [5, 5.41) is 7.67. The van der Waals surface area contributed by atoms with E-state index < -0.39 is 9.71 Å². The maximum atomic E-state index is 12.6. The number of aldehydes is 1. The molecule has 1 aliphatic heterocycles. The smallest absolute Gasteiger partial charge is 0.142 e. The van der Waals surface area contributed by atoms with Gasteiger partial charge in [-0.05, 0) is 76.1 Å². The number of anilines is 2. The highest BCUT2D eigenvalue weighted by Crippen LogP contribution is 2.27. The van der Waals surface area contributed by atoms with Crippen LogP contribution in [0.1, 0.15) is 24.1 Å². The first-order valence-electron chi connectivity index (χ1n) is 12.0. The van der Waals surface area contributed by atoms with E-state index in [4.69, 9.17) is 0 Å². The van der Waals surface area contributed by atoms with Crippen molar-refractivity contribution < 1.29 is 9.00 Å². The summed E-state index contributed by atoms with van der Waals surface area (Å²) in [6, 6.07) is 12.0. The Hall–Kier alpha value is -2.81. The molecule has 8 heteroatoms. The molecule has 2 atom stereocenters. The number of piperazine rings is 1. The average Bonchev–Trinajstić information content (AvgIpc) is 3.20. The number of nitrogens with one attached hydrogen (secondary N) is 2. The zero-order chi connectivity index (χ0) is 25.8.